The molecule has 0 spiro atoms. The molecule has 1 N–H and O–H groups in total. The van der Waals surface area contributed by atoms with Crippen LogP contribution in [0.1, 0.15) is 46.0 Å². The van der Waals surface area contributed by atoms with Gasteiger partial charge in [0.15, 0.2) is 0 Å². The van der Waals surface area contributed by atoms with Crippen LogP contribution in [0.3, 0.4) is 0 Å². The largest absolute Gasteiger partial charge is 0.248 e. The summed E-state index contributed by atoms with van der Waals surface area (Å²) in [6, 6.07) is 0. The van der Waals surface area contributed by atoms with Gasteiger partial charge in [-0.1, -0.05) is 29.7 Å². The third-order valence-electron chi connectivity index (χ3n) is 4.62. The van der Waals surface area contributed by atoms with Crippen LogP contribution in [-0.4, -0.2) is 5.16 Å². The van der Waals surface area contributed by atoms with Crippen LogP contribution in [0.2, 0.25) is 0 Å². The smallest absolute Gasteiger partial charge is 0.0554 e. The van der Waals surface area contributed by atoms with Gasteiger partial charge in [0.2, 0.25) is 0 Å². The molecule has 92 valence electrons. The lowest BCUT2D eigenvalue weighted by molar-refractivity contribution is 0.464. The zero-order valence-electron chi connectivity index (χ0n) is 10.8. The van der Waals surface area contributed by atoms with Gasteiger partial charge < -0.3 is 0 Å². The standard InChI is InChI=1S/C14H20.CHNS/c1-3-10-7-11-8-14(10)12-5-4-9(2)6-13(11)12;2-1-3/h3,9,11,14H,4-8H2,1-2H3;2H. The van der Waals surface area contributed by atoms with Crippen molar-refractivity contribution >= 4 is 17.4 Å². The molecule has 3 rings (SSSR count). The molecular weight excluding hydrogens is 226 g/mol. The summed E-state index contributed by atoms with van der Waals surface area (Å²) in [5.74, 6) is 2.82. The SMILES string of the molecule is CC=C1CC2CC1C1=C2CC(C)CC1.N=C=S. The summed E-state index contributed by atoms with van der Waals surface area (Å²) in [6.07, 6.45) is 9.53. The molecule has 3 aliphatic rings. The molecule has 1 saturated carbocycles. The van der Waals surface area contributed by atoms with Gasteiger partial charge in [-0.3, -0.25) is 0 Å². The van der Waals surface area contributed by atoms with E-state index < -0.39 is 0 Å². The number of hydrogen-bond donors (Lipinski definition) is 1. The molecule has 0 amide bonds. The number of fused-ring (bicyclic) bond motifs is 4. The zero-order chi connectivity index (χ0) is 12.4. The zero-order valence-corrected chi connectivity index (χ0v) is 11.6. The topological polar surface area (TPSA) is 23.9 Å². The van der Waals surface area contributed by atoms with Crippen LogP contribution in [0.25, 0.3) is 0 Å². The fraction of sp³-hybridized carbons (Fsp3) is 0.667. The number of allylic oxidation sites excluding steroid dienone is 4. The highest BCUT2D eigenvalue weighted by molar-refractivity contribution is 7.78. The molecule has 17 heavy (non-hydrogen) atoms. The minimum Gasteiger partial charge on any atom is -0.248 e. The Labute approximate surface area is 110 Å². The van der Waals surface area contributed by atoms with Crippen LogP contribution in [0.15, 0.2) is 22.8 Å². The van der Waals surface area contributed by atoms with E-state index in [1.54, 1.807) is 10.7 Å². The summed E-state index contributed by atoms with van der Waals surface area (Å²) < 4.78 is 0. The molecule has 0 aromatic rings. The van der Waals surface area contributed by atoms with Crippen molar-refractivity contribution in [2.75, 3.05) is 0 Å². The van der Waals surface area contributed by atoms with Gasteiger partial charge in [0, 0.05) is 5.92 Å². The van der Waals surface area contributed by atoms with Gasteiger partial charge in [-0.2, -0.15) is 0 Å². The molecule has 0 aromatic carbocycles. The molecule has 1 nitrogen and oxygen atoms in total. The summed E-state index contributed by atoms with van der Waals surface area (Å²) >= 11 is 3.81. The second-order valence-electron chi connectivity index (χ2n) is 5.55. The van der Waals surface area contributed by atoms with Crippen LogP contribution in [0.4, 0.5) is 0 Å². The summed E-state index contributed by atoms with van der Waals surface area (Å²) in [7, 11) is 0. The maximum atomic E-state index is 5.77. The predicted molar refractivity (Wildman–Crippen MR) is 75.3 cm³/mol. The second kappa shape index (κ2) is 5.29. The Hall–Kier alpha value is -0.720. The summed E-state index contributed by atoms with van der Waals surface area (Å²) in [5, 5.41) is 7.36. The Bertz CT molecular complexity index is 399. The number of rotatable bonds is 0. The highest BCUT2D eigenvalue weighted by Crippen LogP contribution is 2.56. The van der Waals surface area contributed by atoms with Crippen LogP contribution in [0, 0.1) is 23.2 Å². The molecular formula is C15H21NS. The van der Waals surface area contributed by atoms with Gasteiger partial charge in [0.1, 0.15) is 0 Å². The van der Waals surface area contributed by atoms with E-state index >= 15 is 0 Å². The summed E-state index contributed by atoms with van der Waals surface area (Å²) in [6.45, 7) is 4.65. The van der Waals surface area contributed by atoms with Crippen LogP contribution in [0.5, 0.6) is 0 Å². The van der Waals surface area contributed by atoms with Crippen molar-refractivity contribution in [2.24, 2.45) is 17.8 Å². The Kier molecular flexibility index (Phi) is 3.96. The summed E-state index contributed by atoms with van der Waals surface area (Å²) in [4.78, 5) is 0. The third-order valence-corrected chi connectivity index (χ3v) is 4.62. The number of nitrogens with one attached hydrogen (secondary N) is 1. The Morgan fingerprint density at radius 2 is 2.06 bits per heavy atom. The van der Waals surface area contributed by atoms with E-state index in [0.717, 1.165) is 17.8 Å². The quantitative estimate of drug-likeness (QED) is 0.372. The third kappa shape index (κ3) is 2.29. The lowest BCUT2D eigenvalue weighted by Gasteiger charge is -2.29. The molecule has 0 heterocycles. The van der Waals surface area contributed by atoms with Gasteiger partial charge in [-0.05, 0) is 63.1 Å². The first-order valence-corrected chi connectivity index (χ1v) is 7.02. The molecule has 0 saturated heterocycles. The fourth-order valence-electron chi connectivity index (χ4n) is 3.89. The van der Waals surface area contributed by atoms with Crippen molar-refractivity contribution in [2.45, 2.75) is 46.0 Å². The van der Waals surface area contributed by atoms with E-state index in [1.807, 2.05) is 11.1 Å². The van der Waals surface area contributed by atoms with Crippen molar-refractivity contribution in [3.8, 4) is 0 Å². The van der Waals surface area contributed by atoms with Gasteiger partial charge >= 0.3 is 0 Å². The predicted octanol–water partition coefficient (Wildman–Crippen LogP) is 4.76. The number of thiocarbonyl (C=S) groups is 1. The lowest BCUT2D eigenvalue weighted by atomic mass is 9.76. The van der Waals surface area contributed by atoms with Crippen LogP contribution in [-0.2, 0) is 0 Å². The molecule has 1 fully saturated rings. The molecule has 3 aliphatic carbocycles. The van der Waals surface area contributed by atoms with Crippen molar-refractivity contribution in [3.63, 3.8) is 0 Å². The molecule has 2 bridgehead atoms. The van der Waals surface area contributed by atoms with E-state index in [-0.39, 0.29) is 0 Å². The number of isothiocyanates is 1. The van der Waals surface area contributed by atoms with E-state index in [1.165, 1.54) is 32.1 Å². The highest BCUT2D eigenvalue weighted by atomic mass is 32.1. The van der Waals surface area contributed by atoms with Crippen LogP contribution >= 0.6 is 12.2 Å². The molecule has 0 radical (unpaired) electrons. The van der Waals surface area contributed by atoms with Gasteiger partial charge in [-0.25, -0.2) is 5.41 Å². The first kappa shape index (κ1) is 12.7. The molecule has 0 aromatic heterocycles. The minimum atomic E-state index is 0.896. The lowest BCUT2D eigenvalue weighted by Crippen LogP contribution is -2.14. The van der Waals surface area contributed by atoms with Crippen molar-refractivity contribution in [3.05, 3.63) is 22.8 Å². The Morgan fingerprint density at radius 3 is 2.71 bits per heavy atom. The van der Waals surface area contributed by atoms with E-state index in [0.29, 0.717) is 0 Å². The van der Waals surface area contributed by atoms with E-state index in [9.17, 15) is 0 Å². The minimum absolute atomic E-state index is 0.896. The molecule has 3 atom stereocenters. The Balaban J connectivity index is 0.000000329. The van der Waals surface area contributed by atoms with Crippen molar-refractivity contribution < 1.29 is 0 Å². The summed E-state index contributed by atoms with van der Waals surface area (Å²) in [5.41, 5.74) is 5.51. The van der Waals surface area contributed by atoms with E-state index in [2.05, 4.69) is 32.1 Å². The highest BCUT2D eigenvalue weighted by Gasteiger charge is 2.42. The maximum Gasteiger partial charge on any atom is 0.0554 e. The van der Waals surface area contributed by atoms with Gasteiger partial charge in [-0.15, -0.1) is 0 Å². The van der Waals surface area contributed by atoms with Crippen molar-refractivity contribution in [1.29, 1.82) is 5.41 Å². The van der Waals surface area contributed by atoms with Gasteiger partial charge in [0.05, 0.1) is 5.16 Å². The normalized spacial score (nSPS) is 36.4. The molecule has 2 heteroatoms. The second-order valence-corrected chi connectivity index (χ2v) is 5.76. The van der Waals surface area contributed by atoms with Gasteiger partial charge in [0.25, 0.3) is 0 Å². The first-order chi connectivity index (χ1) is 8.21. The maximum absolute atomic E-state index is 5.77. The fourth-order valence-corrected chi connectivity index (χ4v) is 3.89. The molecule has 3 unspecified atom stereocenters. The van der Waals surface area contributed by atoms with Crippen molar-refractivity contribution in [1.82, 2.24) is 0 Å². The first-order valence-electron chi connectivity index (χ1n) is 6.62. The van der Waals surface area contributed by atoms with E-state index in [4.69, 9.17) is 5.41 Å². The average molecular weight is 247 g/mol. The Morgan fingerprint density at radius 1 is 1.35 bits per heavy atom. The monoisotopic (exact) mass is 247 g/mol. The number of hydrogen-bond acceptors (Lipinski definition) is 2. The molecule has 0 aliphatic heterocycles. The van der Waals surface area contributed by atoms with Crippen LogP contribution < -0.4 is 0 Å². The average Bonchev–Trinajstić information content (AvgIpc) is 2.87.